The van der Waals surface area contributed by atoms with Crippen molar-refractivity contribution in [2.75, 3.05) is 7.05 Å². The van der Waals surface area contributed by atoms with Crippen molar-refractivity contribution < 1.29 is 12.8 Å². The van der Waals surface area contributed by atoms with Crippen LogP contribution in [0.3, 0.4) is 0 Å². The van der Waals surface area contributed by atoms with Crippen molar-refractivity contribution in [3.8, 4) is 11.1 Å². The van der Waals surface area contributed by atoms with Crippen LogP contribution in [0.15, 0.2) is 58.4 Å². The summed E-state index contributed by atoms with van der Waals surface area (Å²) in [6.07, 6.45) is 1.73. The lowest BCUT2D eigenvalue weighted by Gasteiger charge is -2.15. The molecular weight excluding hydrogens is 453 g/mol. The summed E-state index contributed by atoms with van der Waals surface area (Å²) in [6.45, 7) is 1.87. The molecule has 0 aliphatic carbocycles. The highest BCUT2D eigenvalue weighted by Crippen LogP contribution is 2.38. The Morgan fingerprint density at radius 1 is 1.09 bits per heavy atom. The summed E-state index contributed by atoms with van der Waals surface area (Å²) >= 11 is 6.37. The fourth-order valence-corrected chi connectivity index (χ4v) is 4.87. The normalized spacial score (nSPS) is 15.5. The van der Waals surface area contributed by atoms with E-state index in [9.17, 15) is 17.6 Å². The third kappa shape index (κ3) is 4.13. The van der Waals surface area contributed by atoms with Crippen molar-refractivity contribution in [3.05, 3.63) is 92.1 Å². The Morgan fingerprint density at radius 2 is 1.81 bits per heavy atom. The van der Waals surface area contributed by atoms with Crippen LogP contribution >= 0.6 is 11.6 Å². The van der Waals surface area contributed by atoms with Gasteiger partial charge >= 0.3 is 0 Å². The average molecular weight is 474 g/mol. The molecule has 1 aliphatic rings. The minimum absolute atomic E-state index is 0.176. The van der Waals surface area contributed by atoms with Gasteiger partial charge in [-0.05, 0) is 54.9 Å². The number of aliphatic imine (C=N–C) groups is 1. The van der Waals surface area contributed by atoms with Gasteiger partial charge in [-0.25, -0.2) is 17.5 Å². The maximum absolute atomic E-state index is 13.7. The third-order valence-electron chi connectivity index (χ3n) is 5.52. The zero-order chi connectivity index (χ0) is 23.2. The van der Waals surface area contributed by atoms with Crippen molar-refractivity contribution in [1.29, 1.82) is 0 Å². The zero-order valence-electron chi connectivity index (χ0n) is 17.7. The summed E-state index contributed by atoms with van der Waals surface area (Å²) in [5.41, 5.74) is 4.44. The summed E-state index contributed by atoms with van der Waals surface area (Å²) in [7, 11) is -0.460. The third-order valence-corrected chi connectivity index (χ3v) is 7.16. The molecule has 0 saturated heterocycles. The number of hydrogen-bond donors (Lipinski definition) is 1. The number of aromatic nitrogens is 1. The molecule has 1 aliphatic heterocycles. The van der Waals surface area contributed by atoms with Crippen LogP contribution in [0.1, 0.15) is 35.2 Å². The number of rotatable bonds is 4. The van der Waals surface area contributed by atoms with Gasteiger partial charge in [0.2, 0.25) is 10.0 Å². The highest BCUT2D eigenvalue weighted by molar-refractivity contribution is 7.88. The summed E-state index contributed by atoms with van der Waals surface area (Å²) in [6, 6.07) is 10.6. The molecule has 1 N–H and O–H groups in total. The van der Waals surface area contributed by atoms with Crippen LogP contribution in [0.2, 0.25) is 5.02 Å². The molecule has 0 fully saturated rings. The second kappa shape index (κ2) is 8.27. The second-order valence-corrected chi connectivity index (χ2v) is 10.0. The zero-order valence-corrected chi connectivity index (χ0v) is 19.3. The van der Waals surface area contributed by atoms with E-state index in [0.717, 1.165) is 16.7 Å². The van der Waals surface area contributed by atoms with Crippen LogP contribution in [0.4, 0.5) is 4.39 Å². The van der Waals surface area contributed by atoms with Gasteiger partial charge < -0.3 is 4.57 Å². The van der Waals surface area contributed by atoms with E-state index in [1.807, 2.05) is 6.92 Å². The van der Waals surface area contributed by atoms with Crippen molar-refractivity contribution in [2.24, 2.45) is 12.0 Å². The number of nitrogens with zero attached hydrogens (tertiary/aromatic N) is 2. The Balaban J connectivity index is 2.02. The molecule has 0 bridgehead atoms. The SMILES string of the molecule is CNS(=O)(=O)Cc1ccc2c(c1)-c1cn(C)c(=O)cc1[C@H](C)N=C2c1ccc(F)cc1Cl. The van der Waals surface area contributed by atoms with Crippen LogP contribution < -0.4 is 10.3 Å². The van der Waals surface area contributed by atoms with Gasteiger partial charge in [0.1, 0.15) is 5.82 Å². The smallest absolute Gasteiger partial charge is 0.250 e. The van der Waals surface area contributed by atoms with E-state index in [1.165, 1.54) is 23.7 Å². The Hall–Kier alpha value is -2.81. The molecule has 32 heavy (non-hydrogen) atoms. The van der Waals surface area contributed by atoms with Crippen LogP contribution in [0, 0.1) is 5.82 Å². The van der Waals surface area contributed by atoms with E-state index in [-0.39, 0.29) is 22.4 Å². The van der Waals surface area contributed by atoms with Crippen LogP contribution in [-0.2, 0) is 22.8 Å². The summed E-state index contributed by atoms with van der Waals surface area (Å²) in [5.74, 6) is -0.655. The predicted octanol–water partition coefficient (Wildman–Crippen LogP) is 3.81. The number of fused-ring (bicyclic) bond motifs is 3. The number of hydrogen-bond acceptors (Lipinski definition) is 4. The number of nitrogens with one attached hydrogen (secondary N) is 1. The molecule has 4 rings (SSSR count). The van der Waals surface area contributed by atoms with Crippen molar-refractivity contribution in [3.63, 3.8) is 0 Å². The molecule has 1 aromatic heterocycles. The van der Waals surface area contributed by atoms with Gasteiger partial charge in [-0.15, -0.1) is 0 Å². The minimum Gasteiger partial charge on any atom is -0.318 e. The lowest BCUT2D eigenvalue weighted by Crippen LogP contribution is -2.20. The van der Waals surface area contributed by atoms with Crippen molar-refractivity contribution in [2.45, 2.75) is 18.7 Å². The molecule has 0 unspecified atom stereocenters. The molecule has 0 amide bonds. The molecule has 2 heterocycles. The minimum atomic E-state index is -3.49. The number of aryl methyl sites for hydroxylation is 1. The Kier molecular flexibility index (Phi) is 5.79. The molecule has 1 atom stereocenters. The van der Waals surface area contributed by atoms with E-state index in [4.69, 9.17) is 16.6 Å². The van der Waals surface area contributed by atoms with Gasteiger partial charge in [0.05, 0.1) is 22.5 Å². The van der Waals surface area contributed by atoms with E-state index >= 15 is 0 Å². The van der Waals surface area contributed by atoms with Gasteiger partial charge in [0.25, 0.3) is 5.56 Å². The van der Waals surface area contributed by atoms with Gasteiger partial charge in [-0.1, -0.05) is 23.7 Å². The number of sulfonamides is 1. The molecule has 6 nitrogen and oxygen atoms in total. The first-order chi connectivity index (χ1) is 15.1. The predicted molar refractivity (Wildman–Crippen MR) is 124 cm³/mol. The largest absolute Gasteiger partial charge is 0.318 e. The topological polar surface area (TPSA) is 80.5 Å². The first kappa shape index (κ1) is 22.4. The van der Waals surface area contributed by atoms with Gasteiger partial charge in [0.15, 0.2) is 0 Å². The van der Waals surface area contributed by atoms with E-state index in [1.54, 1.807) is 43.6 Å². The summed E-state index contributed by atoms with van der Waals surface area (Å²) in [5, 5.41) is 0.213. The quantitative estimate of drug-likeness (QED) is 0.625. The highest BCUT2D eigenvalue weighted by Gasteiger charge is 2.25. The highest BCUT2D eigenvalue weighted by atomic mass is 35.5. The maximum atomic E-state index is 13.7. The molecular formula is C23H21ClFN3O3S. The summed E-state index contributed by atoms with van der Waals surface area (Å²) < 4.78 is 41.7. The maximum Gasteiger partial charge on any atom is 0.250 e. The van der Waals surface area contributed by atoms with Crippen LogP contribution in [-0.4, -0.2) is 25.7 Å². The summed E-state index contributed by atoms with van der Waals surface area (Å²) in [4.78, 5) is 17.2. The Morgan fingerprint density at radius 3 is 2.50 bits per heavy atom. The lowest BCUT2D eigenvalue weighted by molar-refractivity contribution is 0.587. The fourth-order valence-electron chi connectivity index (χ4n) is 3.85. The first-order valence-corrected chi connectivity index (χ1v) is 11.9. The van der Waals surface area contributed by atoms with Crippen molar-refractivity contribution >= 4 is 27.3 Å². The second-order valence-electron chi connectivity index (χ2n) is 7.71. The monoisotopic (exact) mass is 473 g/mol. The number of pyridine rings is 1. The first-order valence-electron chi connectivity index (χ1n) is 9.88. The van der Waals surface area contributed by atoms with Gasteiger partial charge in [0, 0.05) is 36.0 Å². The molecule has 166 valence electrons. The van der Waals surface area contributed by atoms with Gasteiger partial charge in [-0.2, -0.15) is 0 Å². The fraction of sp³-hybridized carbons (Fsp3) is 0.217. The number of halogens is 2. The molecule has 3 aromatic rings. The number of benzene rings is 2. The van der Waals surface area contributed by atoms with Crippen LogP contribution in [0.5, 0.6) is 0 Å². The Bertz CT molecular complexity index is 1430. The molecule has 9 heteroatoms. The molecule has 0 saturated carbocycles. The van der Waals surface area contributed by atoms with Crippen molar-refractivity contribution in [1.82, 2.24) is 9.29 Å². The Labute approximate surface area is 190 Å². The molecule has 2 aromatic carbocycles. The van der Waals surface area contributed by atoms with E-state index < -0.39 is 15.8 Å². The lowest BCUT2D eigenvalue weighted by atomic mass is 9.91. The molecule has 0 spiro atoms. The average Bonchev–Trinajstić information content (AvgIpc) is 2.84. The standard InChI is InChI=1S/C23H21ClFN3O3S/c1-13-18-10-22(29)28(3)11-20(18)19-8-14(12-32(30,31)26-2)4-6-16(19)23(27-13)17-7-5-15(25)9-21(17)24/h4-11,13,26H,12H2,1-3H3/t13-/m0/s1. The van der Waals surface area contributed by atoms with E-state index in [0.29, 0.717) is 22.4 Å². The van der Waals surface area contributed by atoms with Crippen LogP contribution in [0.25, 0.3) is 11.1 Å². The van der Waals surface area contributed by atoms with E-state index in [2.05, 4.69) is 4.72 Å². The van der Waals surface area contributed by atoms with Gasteiger partial charge in [-0.3, -0.25) is 9.79 Å². The molecule has 0 radical (unpaired) electrons.